The first-order chi connectivity index (χ1) is 10.8. The van der Waals surface area contributed by atoms with Gasteiger partial charge in [-0.3, -0.25) is 0 Å². The van der Waals surface area contributed by atoms with Crippen LogP contribution in [0, 0.1) is 5.92 Å². The largest absolute Gasteiger partial charge is 0.493 e. The molecule has 0 spiro atoms. The lowest BCUT2D eigenvalue weighted by Crippen LogP contribution is -2.37. The van der Waals surface area contributed by atoms with E-state index < -0.39 is 0 Å². The highest BCUT2D eigenvalue weighted by Gasteiger charge is 2.46. The van der Waals surface area contributed by atoms with Crippen molar-refractivity contribution >= 4 is 0 Å². The molecular weight excluding hydrogens is 278 g/mol. The van der Waals surface area contributed by atoms with Crippen molar-refractivity contribution in [2.45, 2.75) is 38.4 Å². The average molecular weight is 305 g/mol. The zero-order chi connectivity index (χ0) is 15.5. The fraction of sp³-hybridized carbons (Fsp3) is 0.667. The van der Waals surface area contributed by atoms with Gasteiger partial charge < -0.3 is 19.1 Å². The number of likely N-dealkylation sites (tertiary alicyclic amines) is 1. The maximum atomic E-state index is 6.02. The zero-order valence-electron chi connectivity index (χ0n) is 13.9. The molecule has 122 valence electrons. The standard InChI is InChI=1S/C18H27NO3/c1-4-9-19-10-5-6-14(12-19)18-17(22-18)13-7-8-15(20-2)16(11-13)21-3/h7-8,11,14,17-18H,4-6,9-10,12H2,1-3H3. The molecule has 2 aliphatic rings. The Morgan fingerprint density at radius 1 is 1.23 bits per heavy atom. The second kappa shape index (κ2) is 6.88. The van der Waals surface area contributed by atoms with Crippen LogP contribution in [0.5, 0.6) is 11.5 Å². The fourth-order valence-electron chi connectivity index (χ4n) is 3.66. The van der Waals surface area contributed by atoms with Crippen LogP contribution in [0.1, 0.15) is 37.9 Å². The van der Waals surface area contributed by atoms with Crippen molar-refractivity contribution in [3.05, 3.63) is 23.8 Å². The molecule has 0 aromatic heterocycles. The lowest BCUT2D eigenvalue weighted by Gasteiger charge is -2.31. The van der Waals surface area contributed by atoms with Crippen molar-refractivity contribution in [2.24, 2.45) is 5.92 Å². The number of ether oxygens (including phenoxy) is 3. The van der Waals surface area contributed by atoms with Gasteiger partial charge in [0.2, 0.25) is 0 Å². The van der Waals surface area contributed by atoms with Gasteiger partial charge in [-0.15, -0.1) is 0 Å². The molecule has 0 radical (unpaired) electrons. The molecule has 2 saturated heterocycles. The minimum absolute atomic E-state index is 0.228. The molecule has 3 rings (SSSR count). The minimum Gasteiger partial charge on any atom is -0.493 e. The van der Waals surface area contributed by atoms with Gasteiger partial charge in [0.1, 0.15) is 6.10 Å². The first-order valence-corrected chi connectivity index (χ1v) is 8.36. The summed E-state index contributed by atoms with van der Waals surface area (Å²) in [6, 6.07) is 6.12. The molecule has 3 atom stereocenters. The fourth-order valence-corrected chi connectivity index (χ4v) is 3.66. The number of hydrogen-bond acceptors (Lipinski definition) is 4. The van der Waals surface area contributed by atoms with Crippen molar-refractivity contribution in [2.75, 3.05) is 33.9 Å². The highest BCUT2D eigenvalue weighted by molar-refractivity contribution is 5.44. The second-order valence-corrected chi connectivity index (χ2v) is 6.34. The first kappa shape index (κ1) is 15.6. The van der Waals surface area contributed by atoms with Crippen molar-refractivity contribution in [1.82, 2.24) is 4.90 Å². The maximum Gasteiger partial charge on any atom is 0.161 e. The predicted molar refractivity (Wildman–Crippen MR) is 86.6 cm³/mol. The predicted octanol–water partition coefficient (Wildman–Crippen LogP) is 3.27. The lowest BCUT2D eigenvalue weighted by molar-refractivity contribution is 0.151. The number of rotatable bonds is 6. The number of nitrogens with zero attached hydrogens (tertiary/aromatic N) is 1. The van der Waals surface area contributed by atoms with E-state index in [1.165, 1.54) is 44.5 Å². The number of benzene rings is 1. The summed E-state index contributed by atoms with van der Waals surface area (Å²) in [5.41, 5.74) is 1.20. The number of hydrogen-bond donors (Lipinski definition) is 0. The molecule has 2 fully saturated rings. The Bertz CT molecular complexity index is 503. The molecule has 1 aromatic carbocycles. The average Bonchev–Trinajstić information content (AvgIpc) is 3.35. The van der Waals surface area contributed by atoms with Gasteiger partial charge in [-0.2, -0.15) is 0 Å². The Balaban J connectivity index is 1.64. The molecule has 0 bridgehead atoms. The molecular formula is C18H27NO3. The van der Waals surface area contributed by atoms with Crippen LogP contribution in [-0.4, -0.2) is 44.9 Å². The molecule has 2 heterocycles. The van der Waals surface area contributed by atoms with E-state index in [1.807, 2.05) is 6.07 Å². The highest BCUT2D eigenvalue weighted by Crippen LogP contribution is 2.47. The Hall–Kier alpha value is -1.26. The van der Waals surface area contributed by atoms with E-state index in [2.05, 4.69) is 24.0 Å². The van der Waals surface area contributed by atoms with Crippen LogP contribution in [0.25, 0.3) is 0 Å². The van der Waals surface area contributed by atoms with Gasteiger partial charge in [0.25, 0.3) is 0 Å². The molecule has 0 N–H and O–H groups in total. The smallest absolute Gasteiger partial charge is 0.161 e. The topological polar surface area (TPSA) is 34.2 Å². The van der Waals surface area contributed by atoms with E-state index in [1.54, 1.807) is 14.2 Å². The third-order valence-corrected chi connectivity index (χ3v) is 4.81. The molecule has 22 heavy (non-hydrogen) atoms. The third-order valence-electron chi connectivity index (χ3n) is 4.81. The van der Waals surface area contributed by atoms with Crippen LogP contribution in [0.3, 0.4) is 0 Å². The van der Waals surface area contributed by atoms with Gasteiger partial charge in [-0.05, 0) is 50.0 Å². The Kier molecular flexibility index (Phi) is 4.89. The lowest BCUT2D eigenvalue weighted by atomic mass is 9.91. The van der Waals surface area contributed by atoms with Crippen LogP contribution in [0.15, 0.2) is 18.2 Å². The van der Waals surface area contributed by atoms with Gasteiger partial charge >= 0.3 is 0 Å². The molecule has 0 saturated carbocycles. The van der Waals surface area contributed by atoms with E-state index in [9.17, 15) is 0 Å². The van der Waals surface area contributed by atoms with E-state index in [-0.39, 0.29) is 6.10 Å². The van der Waals surface area contributed by atoms with Crippen LogP contribution >= 0.6 is 0 Å². The molecule has 0 aliphatic carbocycles. The summed E-state index contributed by atoms with van der Waals surface area (Å²) in [7, 11) is 3.34. The quantitative estimate of drug-likeness (QED) is 0.756. The number of epoxide rings is 1. The summed E-state index contributed by atoms with van der Waals surface area (Å²) in [5, 5.41) is 0. The molecule has 0 amide bonds. The number of piperidine rings is 1. The summed E-state index contributed by atoms with van der Waals surface area (Å²) >= 11 is 0. The minimum atomic E-state index is 0.228. The zero-order valence-corrected chi connectivity index (χ0v) is 13.9. The van der Waals surface area contributed by atoms with Gasteiger partial charge in [0.15, 0.2) is 11.5 Å². The molecule has 4 heteroatoms. The van der Waals surface area contributed by atoms with E-state index in [4.69, 9.17) is 14.2 Å². The van der Waals surface area contributed by atoms with Crippen molar-refractivity contribution < 1.29 is 14.2 Å². The summed E-state index contributed by atoms with van der Waals surface area (Å²) in [6.45, 7) is 5.90. The first-order valence-electron chi connectivity index (χ1n) is 8.36. The van der Waals surface area contributed by atoms with Crippen molar-refractivity contribution in [1.29, 1.82) is 0 Å². The summed E-state index contributed by atoms with van der Waals surface area (Å²) in [6.07, 6.45) is 4.42. The van der Waals surface area contributed by atoms with Gasteiger partial charge in [-0.25, -0.2) is 0 Å². The van der Waals surface area contributed by atoms with Crippen LogP contribution in [-0.2, 0) is 4.74 Å². The molecule has 2 aliphatic heterocycles. The van der Waals surface area contributed by atoms with Crippen LogP contribution in [0.2, 0.25) is 0 Å². The van der Waals surface area contributed by atoms with E-state index >= 15 is 0 Å². The second-order valence-electron chi connectivity index (χ2n) is 6.34. The summed E-state index contributed by atoms with van der Waals surface area (Å²) in [5.74, 6) is 2.22. The van der Waals surface area contributed by atoms with Gasteiger partial charge in [0, 0.05) is 12.5 Å². The third kappa shape index (κ3) is 3.23. The Morgan fingerprint density at radius 3 is 2.77 bits per heavy atom. The monoisotopic (exact) mass is 305 g/mol. The maximum absolute atomic E-state index is 6.02. The normalized spacial score (nSPS) is 28.4. The van der Waals surface area contributed by atoms with Crippen LogP contribution < -0.4 is 9.47 Å². The Labute approximate surface area is 133 Å². The molecule has 4 nitrogen and oxygen atoms in total. The number of methoxy groups -OCH3 is 2. The summed E-state index contributed by atoms with van der Waals surface area (Å²) < 4.78 is 16.7. The van der Waals surface area contributed by atoms with Crippen molar-refractivity contribution in [3.63, 3.8) is 0 Å². The van der Waals surface area contributed by atoms with Gasteiger partial charge in [-0.1, -0.05) is 13.0 Å². The van der Waals surface area contributed by atoms with Crippen molar-refractivity contribution in [3.8, 4) is 11.5 Å². The Morgan fingerprint density at radius 2 is 2.05 bits per heavy atom. The van der Waals surface area contributed by atoms with Crippen LogP contribution in [0.4, 0.5) is 0 Å². The summed E-state index contributed by atoms with van der Waals surface area (Å²) in [4.78, 5) is 2.58. The van der Waals surface area contributed by atoms with E-state index in [0.717, 1.165) is 11.5 Å². The highest BCUT2D eigenvalue weighted by atomic mass is 16.6. The molecule has 1 aromatic rings. The molecule has 3 unspecified atom stereocenters. The SMILES string of the molecule is CCCN1CCCC(C2OC2c2ccc(OC)c(OC)c2)C1. The van der Waals surface area contributed by atoms with E-state index in [0.29, 0.717) is 12.0 Å². The van der Waals surface area contributed by atoms with Gasteiger partial charge in [0.05, 0.1) is 20.3 Å².